The third-order valence-electron chi connectivity index (χ3n) is 2.79. The van der Waals surface area contributed by atoms with E-state index in [0.717, 1.165) is 32.8 Å². The van der Waals surface area contributed by atoms with Crippen LogP contribution in [0.15, 0.2) is 56.7 Å². The zero-order valence-corrected chi connectivity index (χ0v) is 13.7. The first-order chi connectivity index (χ1) is 9.69. The number of nitrogens with one attached hydrogen (secondary N) is 1. The van der Waals surface area contributed by atoms with Gasteiger partial charge < -0.3 is 5.32 Å². The van der Waals surface area contributed by atoms with Gasteiger partial charge in [0.1, 0.15) is 5.82 Å². The maximum absolute atomic E-state index is 13.4. The Kier molecular flexibility index (Phi) is 6.07. The summed E-state index contributed by atoms with van der Waals surface area (Å²) >= 11 is 5.13. The Hall–Kier alpha value is -0.840. The Balaban J connectivity index is 2.17. The zero-order valence-electron chi connectivity index (χ0n) is 11.3. The van der Waals surface area contributed by atoms with Crippen molar-refractivity contribution in [2.45, 2.75) is 29.7 Å². The zero-order chi connectivity index (χ0) is 14.4. The molecule has 0 aliphatic heterocycles. The van der Waals surface area contributed by atoms with Gasteiger partial charge in [-0.25, -0.2) is 4.39 Å². The van der Waals surface area contributed by atoms with Gasteiger partial charge in [-0.15, -0.1) is 0 Å². The van der Waals surface area contributed by atoms with E-state index < -0.39 is 0 Å². The van der Waals surface area contributed by atoms with E-state index in [-0.39, 0.29) is 5.82 Å². The lowest BCUT2D eigenvalue weighted by Crippen LogP contribution is -2.14. The van der Waals surface area contributed by atoms with E-state index in [9.17, 15) is 4.39 Å². The van der Waals surface area contributed by atoms with Crippen LogP contribution >= 0.6 is 27.7 Å². The van der Waals surface area contributed by atoms with Gasteiger partial charge in [-0.1, -0.05) is 40.7 Å². The molecular weight excluding hydrogens is 337 g/mol. The van der Waals surface area contributed by atoms with Gasteiger partial charge in [-0.2, -0.15) is 0 Å². The van der Waals surface area contributed by atoms with Crippen LogP contribution in [0, 0.1) is 5.82 Å². The Bertz CT molecular complexity index is 574. The fraction of sp³-hybridized carbons (Fsp3) is 0.250. The topological polar surface area (TPSA) is 12.0 Å². The predicted molar refractivity (Wildman–Crippen MR) is 86.7 cm³/mol. The molecule has 1 nitrogen and oxygen atoms in total. The van der Waals surface area contributed by atoms with E-state index in [4.69, 9.17) is 0 Å². The van der Waals surface area contributed by atoms with Gasteiger partial charge in [-0.05, 0) is 54.9 Å². The van der Waals surface area contributed by atoms with E-state index in [1.807, 2.05) is 18.2 Å². The van der Waals surface area contributed by atoms with Crippen LogP contribution in [0.1, 0.15) is 18.9 Å². The Morgan fingerprint density at radius 1 is 1.20 bits per heavy atom. The van der Waals surface area contributed by atoms with Gasteiger partial charge in [0.05, 0.1) is 0 Å². The maximum Gasteiger partial charge on any atom is 0.123 e. The molecule has 0 amide bonds. The van der Waals surface area contributed by atoms with E-state index in [1.165, 1.54) is 6.07 Å². The number of hydrogen-bond acceptors (Lipinski definition) is 2. The van der Waals surface area contributed by atoms with Gasteiger partial charge in [0.15, 0.2) is 0 Å². The van der Waals surface area contributed by atoms with Crippen LogP contribution in [0.5, 0.6) is 0 Å². The van der Waals surface area contributed by atoms with Crippen LogP contribution in [0.2, 0.25) is 0 Å². The van der Waals surface area contributed by atoms with Crippen LogP contribution in [0.25, 0.3) is 0 Å². The van der Waals surface area contributed by atoms with Crippen molar-refractivity contribution in [3.8, 4) is 0 Å². The first-order valence-corrected chi connectivity index (χ1v) is 8.22. The molecule has 2 aromatic rings. The number of benzene rings is 2. The summed E-state index contributed by atoms with van der Waals surface area (Å²) in [6.45, 7) is 3.76. The van der Waals surface area contributed by atoms with Crippen LogP contribution in [-0.4, -0.2) is 6.54 Å². The normalized spacial score (nSPS) is 10.8. The highest BCUT2D eigenvalue weighted by atomic mass is 79.9. The molecule has 4 heteroatoms. The van der Waals surface area contributed by atoms with E-state index in [1.54, 1.807) is 17.8 Å². The summed E-state index contributed by atoms with van der Waals surface area (Å²) in [4.78, 5) is 2.23. The van der Waals surface area contributed by atoms with Gasteiger partial charge in [-0.3, -0.25) is 0 Å². The minimum Gasteiger partial charge on any atom is -0.313 e. The molecule has 0 aliphatic rings. The molecular formula is C16H17BrFNS. The molecule has 0 atom stereocenters. The fourth-order valence-electron chi connectivity index (χ4n) is 1.84. The lowest BCUT2D eigenvalue weighted by molar-refractivity contribution is 0.615. The largest absolute Gasteiger partial charge is 0.313 e. The van der Waals surface area contributed by atoms with Gasteiger partial charge >= 0.3 is 0 Å². The molecule has 0 bridgehead atoms. The Labute approximate surface area is 132 Å². The molecule has 20 heavy (non-hydrogen) atoms. The summed E-state index contributed by atoms with van der Waals surface area (Å²) in [6, 6.07) is 13.1. The quantitative estimate of drug-likeness (QED) is 0.712. The highest BCUT2D eigenvalue weighted by molar-refractivity contribution is 9.10. The predicted octanol–water partition coefficient (Wildman–Crippen LogP) is 5.24. The van der Waals surface area contributed by atoms with Crippen molar-refractivity contribution in [1.82, 2.24) is 5.32 Å². The number of halogens is 2. The van der Waals surface area contributed by atoms with E-state index >= 15 is 0 Å². The van der Waals surface area contributed by atoms with E-state index in [0.29, 0.717) is 6.54 Å². The molecule has 0 spiro atoms. The second-order valence-corrected chi connectivity index (χ2v) is 6.52. The highest BCUT2D eigenvalue weighted by Crippen LogP contribution is 2.32. The fourth-order valence-corrected chi connectivity index (χ4v) is 3.38. The van der Waals surface area contributed by atoms with Crippen molar-refractivity contribution in [2.75, 3.05) is 6.54 Å². The molecule has 2 rings (SSSR count). The Morgan fingerprint density at radius 3 is 2.80 bits per heavy atom. The highest BCUT2D eigenvalue weighted by Gasteiger charge is 2.06. The molecule has 0 unspecified atom stereocenters. The standard InChI is InChI=1S/C16H17BrFNS/c1-2-8-19-11-12-9-14(18)6-7-16(12)20-15-5-3-4-13(17)10-15/h3-7,9-10,19H,2,8,11H2,1H3. The van der Waals surface area contributed by atoms with Crippen molar-refractivity contribution in [3.63, 3.8) is 0 Å². The van der Waals surface area contributed by atoms with Crippen molar-refractivity contribution in [2.24, 2.45) is 0 Å². The monoisotopic (exact) mass is 353 g/mol. The molecule has 0 saturated carbocycles. The molecule has 0 saturated heterocycles. The summed E-state index contributed by atoms with van der Waals surface area (Å²) in [5, 5.41) is 3.33. The third-order valence-corrected chi connectivity index (χ3v) is 4.39. The van der Waals surface area contributed by atoms with Crippen molar-refractivity contribution in [1.29, 1.82) is 0 Å². The summed E-state index contributed by atoms with van der Waals surface area (Å²) in [6.07, 6.45) is 1.07. The first-order valence-electron chi connectivity index (χ1n) is 6.61. The van der Waals surface area contributed by atoms with Crippen molar-refractivity contribution in [3.05, 3.63) is 58.3 Å². The smallest absolute Gasteiger partial charge is 0.123 e. The van der Waals surface area contributed by atoms with Crippen LogP contribution in [-0.2, 0) is 6.54 Å². The molecule has 0 fully saturated rings. The average molecular weight is 354 g/mol. The Morgan fingerprint density at radius 2 is 2.05 bits per heavy atom. The lowest BCUT2D eigenvalue weighted by Gasteiger charge is -2.10. The van der Waals surface area contributed by atoms with Crippen LogP contribution < -0.4 is 5.32 Å². The molecule has 0 aliphatic carbocycles. The van der Waals surface area contributed by atoms with Gasteiger partial charge in [0.25, 0.3) is 0 Å². The minimum atomic E-state index is -0.183. The van der Waals surface area contributed by atoms with Crippen LogP contribution in [0.3, 0.4) is 0 Å². The second-order valence-electron chi connectivity index (χ2n) is 4.49. The lowest BCUT2D eigenvalue weighted by atomic mass is 10.2. The van der Waals surface area contributed by atoms with Crippen molar-refractivity contribution < 1.29 is 4.39 Å². The summed E-state index contributed by atoms with van der Waals surface area (Å²) in [7, 11) is 0. The first kappa shape index (κ1) is 15.5. The molecule has 1 N–H and O–H groups in total. The molecule has 106 valence electrons. The van der Waals surface area contributed by atoms with E-state index in [2.05, 4.69) is 40.3 Å². The van der Waals surface area contributed by atoms with Crippen LogP contribution in [0.4, 0.5) is 4.39 Å². The maximum atomic E-state index is 13.4. The van der Waals surface area contributed by atoms with Gasteiger partial charge in [0.2, 0.25) is 0 Å². The minimum absolute atomic E-state index is 0.183. The molecule has 0 aromatic heterocycles. The third kappa shape index (κ3) is 4.62. The van der Waals surface area contributed by atoms with Gasteiger partial charge in [0, 0.05) is 20.8 Å². The second kappa shape index (κ2) is 7.81. The summed E-state index contributed by atoms with van der Waals surface area (Å²) < 4.78 is 14.5. The number of hydrogen-bond donors (Lipinski definition) is 1. The molecule has 2 aromatic carbocycles. The molecule has 0 heterocycles. The number of rotatable bonds is 6. The SMILES string of the molecule is CCCNCc1cc(F)ccc1Sc1cccc(Br)c1. The summed E-state index contributed by atoms with van der Waals surface area (Å²) in [5.74, 6) is -0.183. The molecule has 0 radical (unpaired) electrons. The van der Waals surface area contributed by atoms with Crippen molar-refractivity contribution >= 4 is 27.7 Å². The average Bonchev–Trinajstić information content (AvgIpc) is 2.42. The summed E-state index contributed by atoms with van der Waals surface area (Å²) in [5.41, 5.74) is 1.00.